The number of terminal acetylenes is 1. The zero-order valence-corrected chi connectivity index (χ0v) is 13.9. The van der Waals surface area contributed by atoms with Crippen LogP contribution < -0.4 is 5.73 Å². The Morgan fingerprint density at radius 2 is 2.19 bits per heavy atom. The van der Waals surface area contributed by atoms with Crippen molar-refractivity contribution in [2.75, 3.05) is 5.73 Å². The molecular weight excluding hydrogens is 326 g/mol. The molecule has 3 aromatic rings. The molecule has 0 saturated heterocycles. The van der Waals surface area contributed by atoms with Gasteiger partial charge in [0, 0.05) is 36.1 Å². The molecule has 0 aliphatic carbocycles. The Hall–Kier alpha value is -3.85. The Morgan fingerprint density at radius 1 is 1.31 bits per heavy atom. The summed E-state index contributed by atoms with van der Waals surface area (Å²) >= 11 is 0. The molecule has 0 atom stereocenters. The van der Waals surface area contributed by atoms with E-state index in [4.69, 9.17) is 12.2 Å². The molecule has 26 heavy (non-hydrogen) atoms. The summed E-state index contributed by atoms with van der Waals surface area (Å²) in [7, 11) is 0. The first-order valence-corrected chi connectivity index (χ1v) is 7.91. The highest BCUT2D eigenvalue weighted by atomic mass is 16.4. The van der Waals surface area contributed by atoms with Crippen molar-refractivity contribution in [3.63, 3.8) is 0 Å². The SMILES string of the molecule is C#C/C=C\C=C/Cc1c(N)nc2ccc(/C(=N/O)c3cccnc3)cn12. The lowest BCUT2D eigenvalue weighted by Crippen LogP contribution is -2.06. The Labute approximate surface area is 151 Å². The monoisotopic (exact) mass is 343 g/mol. The van der Waals surface area contributed by atoms with Crippen LogP contribution in [0.2, 0.25) is 0 Å². The first-order valence-electron chi connectivity index (χ1n) is 7.91. The Morgan fingerprint density at radius 3 is 2.92 bits per heavy atom. The molecule has 6 nitrogen and oxygen atoms in total. The average Bonchev–Trinajstić information content (AvgIpc) is 2.98. The summed E-state index contributed by atoms with van der Waals surface area (Å²) in [5.74, 6) is 2.88. The summed E-state index contributed by atoms with van der Waals surface area (Å²) in [5.41, 5.74) is 9.48. The van der Waals surface area contributed by atoms with Gasteiger partial charge in [0.2, 0.25) is 0 Å². The summed E-state index contributed by atoms with van der Waals surface area (Å²) in [6, 6.07) is 7.28. The minimum Gasteiger partial charge on any atom is -0.410 e. The van der Waals surface area contributed by atoms with Crippen molar-refractivity contribution in [2.24, 2.45) is 5.16 Å². The van der Waals surface area contributed by atoms with E-state index >= 15 is 0 Å². The first kappa shape index (κ1) is 17.0. The molecule has 0 spiro atoms. The number of fused-ring (bicyclic) bond motifs is 1. The number of oxime groups is 1. The number of anilines is 1. The van der Waals surface area contributed by atoms with Crippen LogP contribution in [0.4, 0.5) is 5.82 Å². The van der Waals surface area contributed by atoms with E-state index in [2.05, 4.69) is 21.0 Å². The molecule has 0 aliphatic heterocycles. The first-order chi connectivity index (χ1) is 12.7. The standard InChI is InChI=1S/C20H17N5O/c1-2-3-4-5-6-9-17-20(21)23-18-11-10-16(14-25(17)18)19(24-26)15-8-7-12-22-13-15/h1,3-8,10-14,26H,9,21H2/b4-3-,6-5-,24-19+. The molecule has 0 amide bonds. The van der Waals surface area contributed by atoms with Crippen molar-refractivity contribution in [3.05, 3.63) is 84.0 Å². The zero-order valence-electron chi connectivity index (χ0n) is 13.9. The number of pyridine rings is 2. The second-order valence-corrected chi connectivity index (χ2v) is 5.44. The third-order valence-corrected chi connectivity index (χ3v) is 3.81. The summed E-state index contributed by atoms with van der Waals surface area (Å²) in [4.78, 5) is 8.44. The molecule has 128 valence electrons. The molecule has 3 rings (SSSR count). The van der Waals surface area contributed by atoms with E-state index in [0.717, 1.165) is 16.9 Å². The van der Waals surface area contributed by atoms with Crippen LogP contribution in [0.25, 0.3) is 5.65 Å². The molecule has 0 fully saturated rings. The third kappa shape index (κ3) is 3.47. The van der Waals surface area contributed by atoms with Gasteiger partial charge < -0.3 is 15.3 Å². The number of nitrogens with zero attached hydrogens (tertiary/aromatic N) is 4. The largest absolute Gasteiger partial charge is 0.410 e. The summed E-state index contributed by atoms with van der Waals surface area (Å²) in [6.07, 6.45) is 18.1. The fourth-order valence-corrected chi connectivity index (χ4v) is 2.61. The predicted octanol–water partition coefficient (Wildman–Crippen LogP) is 2.83. The highest BCUT2D eigenvalue weighted by Crippen LogP contribution is 2.19. The summed E-state index contributed by atoms with van der Waals surface area (Å²) < 4.78 is 1.89. The van der Waals surface area contributed by atoms with Crippen LogP contribution >= 0.6 is 0 Å². The van der Waals surface area contributed by atoms with E-state index in [1.165, 1.54) is 0 Å². The maximum absolute atomic E-state index is 9.48. The molecule has 0 saturated carbocycles. The van der Waals surface area contributed by atoms with E-state index in [9.17, 15) is 5.21 Å². The van der Waals surface area contributed by atoms with Crippen LogP contribution in [0.15, 0.2) is 72.3 Å². The van der Waals surface area contributed by atoms with E-state index in [1.807, 2.05) is 40.9 Å². The van der Waals surface area contributed by atoms with Crippen LogP contribution in [0.5, 0.6) is 0 Å². The molecule has 0 bridgehead atoms. The van der Waals surface area contributed by atoms with Gasteiger partial charge in [0.1, 0.15) is 17.2 Å². The van der Waals surface area contributed by atoms with Gasteiger partial charge >= 0.3 is 0 Å². The molecule has 0 radical (unpaired) electrons. The topological polar surface area (TPSA) is 88.8 Å². The Balaban J connectivity index is 2.00. The van der Waals surface area contributed by atoms with Gasteiger partial charge in [-0.3, -0.25) is 4.98 Å². The van der Waals surface area contributed by atoms with Gasteiger partial charge in [-0.1, -0.05) is 29.3 Å². The molecule has 3 N–H and O–H groups in total. The lowest BCUT2D eigenvalue weighted by Gasteiger charge is -2.06. The van der Waals surface area contributed by atoms with Crippen molar-refractivity contribution in [1.82, 2.24) is 14.4 Å². The third-order valence-electron chi connectivity index (χ3n) is 3.81. The summed E-state index contributed by atoms with van der Waals surface area (Å²) in [5, 5.41) is 12.9. The van der Waals surface area contributed by atoms with Gasteiger partial charge in [0.25, 0.3) is 0 Å². The second-order valence-electron chi connectivity index (χ2n) is 5.44. The zero-order chi connectivity index (χ0) is 18.4. The van der Waals surface area contributed by atoms with Gasteiger partial charge in [0.05, 0.1) is 5.69 Å². The number of hydrogen-bond acceptors (Lipinski definition) is 5. The minimum absolute atomic E-state index is 0.422. The predicted molar refractivity (Wildman–Crippen MR) is 102 cm³/mol. The molecule has 6 heteroatoms. The summed E-state index contributed by atoms with van der Waals surface area (Å²) in [6.45, 7) is 0. The lowest BCUT2D eigenvalue weighted by atomic mass is 10.1. The average molecular weight is 343 g/mol. The molecule has 3 aromatic heterocycles. The number of imidazole rings is 1. The number of allylic oxidation sites excluding steroid dienone is 4. The van der Waals surface area contributed by atoms with E-state index in [0.29, 0.717) is 23.5 Å². The van der Waals surface area contributed by atoms with Crippen molar-refractivity contribution in [3.8, 4) is 12.3 Å². The smallest absolute Gasteiger partial charge is 0.146 e. The number of hydrogen-bond donors (Lipinski definition) is 2. The molecule has 0 aromatic carbocycles. The highest BCUT2D eigenvalue weighted by molar-refractivity contribution is 6.12. The van der Waals surface area contributed by atoms with Crippen LogP contribution in [0.3, 0.4) is 0 Å². The van der Waals surface area contributed by atoms with E-state index in [1.54, 1.807) is 30.6 Å². The van der Waals surface area contributed by atoms with Gasteiger partial charge in [-0.05, 0) is 30.3 Å². The normalized spacial score (nSPS) is 12.2. The van der Waals surface area contributed by atoms with Crippen LogP contribution in [0.1, 0.15) is 16.8 Å². The van der Waals surface area contributed by atoms with Gasteiger partial charge in [-0.2, -0.15) is 0 Å². The number of rotatable bonds is 5. The van der Waals surface area contributed by atoms with Gasteiger partial charge in [-0.25, -0.2) is 4.98 Å². The Kier molecular flexibility index (Phi) is 5.11. The van der Waals surface area contributed by atoms with Gasteiger partial charge in [0.15, 0.2) is 0 Å². The fraction of sp³-hybridized carbons (Fsp3) is 0.0500. The Bertz CT molecular complexity index is 1040. The number of nitrogen functional groups attached to an aromatic ring is 1. The maximum atomic E-state index is 9.48. The van der Waals surface area contributed by atoms with E-state index in [-0.39, 0.29) is 0 Å². The maximum Gasteiger partial charge on any atom is 0.146 e. The van der Waals surface area contributed by atoms with Gasteiger partial charge in [-0.15, -0.1) is 6.42 Å². The minimum atomic E-state index is 0.422. The van der Waals surface area contributed by atoms with Crippen molar-refractivity contribution >= 4 is 17.2 Å². The molecular formula is C20H17N5O. The molecule has 3 heterocycles. The molecule has 0 aliphatic rings. The van der Waals surface area contributed by atoms with Crippen LogP contribution in [-0.4, -0.2) is 25.3 Å². The second kappa shape index (κ2) is 7.81. The highest BCUT2D eigenvalue weighted by Gasteiger charge is 2.13. The van der Waals surface area contributed by atoms with Crippen molar-refractivity contribution < 1.29 is 5.21 Å². The lowest BCUT2D eigenvalue weighted by molar-refractivity contribution is 0.319. The van der Waals surface area contributed by atoms with Crippen molar-refractivity contribution in [2.45, 2.75) is 6.42 Å². The van der Waals surface area contributed by atoms with Crippen molar-refractivity contribution in [1.29, 1.82) is 0 Å². The number of aromatic nitrogens is 3. The van der Waals surface area contributed by atoms with Crippen LogP contribution in [0, 0.1) is 12.3 Å². The van der Waals surface area contributed by atoms with Crippen LogP contribution in [-0.2, 0) is 6.42 Å². The fourth-order valence-electron chi connectivity index (χ4n) is 2.61. The molecule has 0 unspecified atom stereocenters. The number of nitrogens with two attached hydrogens (primary N) is 1. The van der Waals surface area contributed by atoms with E-state index < -0.39 is 0 Å². The quantitative estimate of drug-likeness (QED) is 0.245.